The molecule has 118 valence electrons. The molecule has 0 aromatic heterocycles. The topological polar surface area (TPSA) is 32.7 Å². The fraction of sp³-hybridized carbons (Fsp3) is 0.667. The first-order valence-electron chi connectivity index (χ1n) is 8.15. The zero-order chi connectivity index (χ0) is 15.2. The van der Waals surface area contributed by atoms with E-state index in [-0.39, 0.29) is 0 Å². The molecule has 0 spiro atoms. The second-order valence-corrected chi connectivity index (χ2v) is 6.42. The molecular weight excluding hydrogens is 262 g/mol. The van der Waals surface area contributed by atoms with E-state index in [1.807, 2.05) is 32.0 Å². The Morgan fingerprint density at radius 1 is 1.19 bits per heavy atom. The standard InChI is InChI=1S/C18H29NO2/c1-14-8-7-9-15(2)18(14)21-13-17(20)12-19(3)16-10-5-4-6-11-16/h7-9,16-17,20H,4-6,10-13H2,1-3H3/t17-/m0/s1. The molecule has 1 N–H and O–H groups in total. The number of aryl methyl sites for hydroxylation is 2. The fourth-order valence-electron chi connectivity index (χ4n) is 3.26. The lowest BCUT2D eigenvalue weighted by Gasteiger charge is -2.32. The summed E-state index contributed by atoms with van der Waals surface area (Å²) < 4.78 is 5.84. The predicted molar refractivity (Wildman–Crippen MR) is 86.9 cm³/mol. The molecule has 21 heavy (non-hydrogen) atoms. The van der Waals surface area contributed by atoms with E-state index in [4.69, 9.17) is 4.74 Å². The van der Waals surface area contributed by atoms with E-state index >= 15 is 0 Å². The van der Waals surface area contributed by atoms with Gasteiger partial charge in [0.1, 0.15) is 18.5 Å². The molecule has 1 aliphatic rings. The van der Waals surface area contributed by atoms with Gasteiger partial charge < -0.3 is 14.7 Å². The second kappa shape index (κ2) is 7.81. The smallest absolute Gasteiger partial charge is 0.125 e. The van der Waals surface area contributed by atoms with Gasteiger partial charge in [-0.1, -0.05) is 37.5 Å². The first-order chi connectivity index (χ1) is 10.1. The summed E-state index contributed by atoms with van der Waals surface area (Å²) >= 11 is 0. The molecule has 1 aliphatic carbocycles. The van der Waals surface area contributed by atoms with Gasteiger partial charge in [0.15, 0.2) is 0 Å². The maximum Gasteiger partial charge on any atom is 0.125 e. The number of ether oxygens (including phenoxy) is 1. The summed E-state index contributed by atoms with van der Waals surface area (Å²) in [4.78, 5) is 2.30. The fourth-order valence-corrected chi connectivity index (χ4v) is 3.26. The molecular formula is C18H29NO2. The van der Waals surface area contributed by atoms with Gasteiger partial charge in [-0.05, 0) is 44.9 Å². The highest BCUT2D eigenvalue weighted by Gasteiger charge is 2.20. The van der Waals surface area contributed by atoms with E-state index in [1.165, 1.54) is 32.1 Å². The van der Waals surface area contributed by atoms with E-state index in [1.54, 1.807) is 0 Å². The molecule has 1 aromatic rings. The summed E-state index contributed by atoms with van der Waals surface area (Å²) in [7, 11) is 2.12. The van der Waals surface area contributed by atoms with Crippen molar-refractivity contribution in [2.45, 2.75) is 58.1 Å². The number of para-hydroxylation sites is 1. The van der Waals surface area contributed by atoms with Crippen molar-refractivity contribution in [3.63, 3.8) is 0 Å². The van der Waals surface area contributed by atoms with Gasteiger partial charge in [0.2, 0.25) is 0 Å². The summed E-state index contributed by atoms with van der Waals surface area (Å²) in [5, 5.41) is 10.2. The highest BCUT2D eigenvalue weighted by molar-refractivity contribution is 5.39. The van der Waals surface area contributed by atoms with E-state index < -0.39 is 6.10 Å². The van der Waals surface area contributed by atoms with E-state index in [0.29, 0.717) is 19.2 Å². The molecule has 0 aliphatic heterocycles. The van der Waals surface area contributed by atoms with Gasteiger partial charge >= 0.3 is 0 Å². The first-order valence-corrected chi connectivity index (χ1v) is 8.15. The molecule has 1 atom stereocenters. The zero-order valence-corrected chi connectivity index (χ0v) is 13.6. The van der Waals surface area contributed by atoms with Crippen LogP contribution in [0, 0.1) is 13.8 Å². The minimum Gasteiger partial charge on any atom is -0.490 e. The van der Waals surface area contributed by atoms with E-state index in [9.17, 15) is 5.11 Å². The Hall–Kier alpha value is -1.06. The second-order valence-electron chi connectivity index (χ2n) is 6.42. The van der Waals surface area contributed by atoms with Gasteiger partial charge in [-0.2, -0.15) is 0 Å². The van der Waals surface area contributed by atoms with Crippen LogP contribution < -0.4 is 4.74 Å². The average Bonchev–Trinajstić information content (AvgIpc) is 2.47. The Kier molecular flexibility index (Phi) is 6.07. The lowest BCUT2D eigenvalue weighted by atomic mass is 9.94. The Labute approximate surface area is 128 Å². The summed E-state index contributed by atoms with van der Waals surface area (Å²) in [6, 6.07) is 6.75. The van der Waals surface area contributed by atoms with Crippen molar-refractivity contribution in [2.75, 3.05) is 20.2 Å². The van der Waals surface area contributed by atoms with Crippen LogP contribution in [0.5, 0.6) is 5.75 Å². The number of benzene rings is 1. The molecule has 0 radical (unpaired) electrons. The molecule has 1 aromatic carbocycles. The van der Waals surface area contributed by atoms with Gasteiger partial charge in [-0.15, -0.1) is 0 Å². The molecule has 0 amide bonds. The molecule has 3 nitrogen and oxygen atoms in total. The van der Waals surface area contributed by atoms with Crippen LogP contribution in [-0.2, 0) is 0 Å². The number of nitrogens with zero attached hydrogens (tertiary/aromatic N) is 1. The molecule has 0 bridgehead atoms. The van der Waals surface area contributed by atoms with Crippen LogP contribution in [0.1, 0.15) is 43.2 Å². The van der Waals surface area contributed by atoms with Gasteiger partial charge in [0, 0.05) is 12.6 Å². The third kappa shape index (κ3) is 4.72. The Balaban J connectivity index is 1.80. The van der Waals surface area contributed by atoms with Crippen LogP contribution in [0.2, 0.25) is 0 Å². The van der Waals surface area contributed by atoms with Crippen molar-refractivity contribution in [3.8, 4) is 5.75 Å². The highest BCUT2D eigenvalue weighted by atomic mass is 16.5. The highest BCUT2D eigenvalue weighted by Crippen LogP contribution is 2.23. The largest absolute Gasteiger partial charge is 0.490 e. The number of rotatable bonds is 6. The van der Waals surface area contributed by atoms with Crippen molar-refractivity contribution in [3.05, 3.63) is 29.3 Å². The van der Waals surface area contributed by atoms with Crippen LogP contribution in [0.4, 0.5) is 0 Å². The van der Waals surface area contributed by atoms with Gasteiger partial charge in [0.05, 0.1) is 0 Å². The average molecular weight is 291 g/mol. The number of hydrogen-bond acceptors (Lipinski definition) is 3. The molecule has 0 heterocycles. The van der Waals surface area contributed by atoms with Gasteiger partial charge in [0.25, 0.3) is 0 Å². The molecule has 0 saturated heterocycles. The van der Waals surface area contributed by atoms with Crippen LogP contribution in [-0.4, -0.2) is 42.4 Å². The minimum absolute atomic E-state index is 0.364. The lowest BCUT2D eigenvalue weighted by molar-refractivity contribution is 0.0558. The first kappa shape index (κ1) is 16.3. The quantitative estimate of drug-likeness (QED) is 0.873. The van der Waals surface area contributed by atoms with Crippen LogP contribution in [0.15, 0.2) is 18.2 Å². The number of aliphatic hydroxyl groups is 1. The lowest BCUT2D eigenvalue weighted by Crippen LogP contribution is -2.40. The molecule has 2 rings (SSSR count). The maximum absolute atomic E-state index is 10.2. The number of aliphatic hydroxyl groups excluding tert-OH is 1. The Morgan fingerprint density at radius 2 is 1.81 bits per heavy atom. The van der Waals surface area contributed by atoms with Crippen molar-refractivity contribution in [1.82, 2.24) is 4.90 Å². The van der Waals surface area contributed by atoms with Gasteiger partial charge in [-0.3, -0.25) is 0 Å². The van der Waals surface area contributed by atoms with Crippen LogP contribution in [0.3, 0.4) is 0 Å². The van der Waals surface area contributed by atoms with Crippen molar-refractivity contribution >= 4 is 0 Å². The molecule has 3 heteroatoms. The van der Waals surface area contributed by atoms with Crippen molar-refractivity contribution in [1.29, 1.82) is 0 Å². The van der Waals surface area contributed by atoms with E-state index in [2.05, 4.69) is 11.9 Å². The summed E-state index contributed by atoms with van der Waals surface area (Å²) in [6.45, 7) is 5.14. The van der Waals surface area contributed by atoms with E-state index in [0.717, 1.165) is 16.9 Å². The zero-order valence-electron chi connectivity index (χ0n) is 13.6. The van der Waals surface area contributed by atoms with Crippen LogP contribution in [0.25, 0.3) is 0 Å². The monoisotopic (exact) mass is 291 g/mol. The Bertz CT molecular complexity index is 421. The third-order valence-electron chi connectivity index (χ3n) is 4.53. The number of hydrogen-bond donors (Lipinski definition) is 1. The normalized spacial score (nSPS) is 18.0. The van der Waals surface area contributed by atoms with Gasteiger partial charge in [-0.25, -0.2) is 0 Å². The number of likely N-dealkylation sites (N-methyl/N-ethyl adjacent to an activating group) is 1. The van der Waals surface area contributed by atoms with Crippen LogP contribution >= 0.6 is 0 Å². The SMILES string of the molecule is Cc1cccc(C)c1OC[C@@H](O)CN(C)C1CCCCC1. The summed E-state index contributed by atoms with van der Waals surface area (Å²) in [5.74, 6) is 0.914. The maximum atomic E-state index is 10.2. The molecule has 1 saturated carbocycles. The minimum atomic E-state index is -0.434. The molecule has 1 fully saturated rings. The van der Waals surface area contributed by atoms with Crippen molar-refractivity contribution in [2.24, 2.45) is 0 Å². The van der Waals surface area contributed by atoms with Crippen molar-refractivity contribution < 1.29 is 9.84 Å². The Morgan fingerprint density at radius 3 is 2.43 bits per heavy atom. The third-order valence-corrected chi connectivity index (χ3v) is 4.53. The summed E-state index contributed by atoms with van der Waals surface area (Å²) in [5.41, 5.74) is 2.26. The summed E-state index contributed by atoms with van der Waals surface area (Å²) in [6.07, 6.45) is 6.11. The predicted octanol–water partition coefficient (Wildman–Crippen LogP) is 3.31. The molecule has 0 unspecified atom stereocenters.